The number of hydrogen-bond acceptors (Lipinski definition) is 2. The zero-order chi connectivity index (χ0) is 13.5. The van der Waals surface area contributed by atoms with Crippen LogP contribution in [-0.4, -0.2) is 12.6 Å². The van der Waals surface area contributed by atoms with Crippen molar-refractivity contribution in [3.63, 3.8) is 0 Å². The van der Waals surface area contributed by atoms with E-state index in [1.165, 1.54) is 22.3 Å². The van der Waals surface area contributed by atoms with Crippen LogP contribution >= 0.6 is 0 Å². The first-order valence-electron chi connectivity index (χ1n) is 6.77. The van der Waals surface area contributed by atoms with Crippen LogP contribution in [0, 0.1) is 20.8 Å². The number of unbranched alkanes of at least 4 members (excludes halogenated alkanes) is 1. The second-order valence-corrected chi connectivity index (χ2v) is 4.93. The molecule has 0 spiro atoms. The lowest BCUT2D eigenvalue weighted by Crippen LogP contribution is -2.07. The molecule has 2 nitrogen and oxygen atoms in total. The van der Waals surface area contributed by atoms with Crippen LogP contribution in [0.2, 0.25) is 0 Å². The molecule has 100 valence electrons. The lowest BCUT2D eigenvalue weighted by atomic mass is 9.98. The molecule has 0 radical (unpaired) electrons. The van der Waals surface area contributed by atoms with Gasteiger partial charge in [-0.05, 0) is 55.9 Å². The number of benzene rings is 1. The van der Waals surface area contributed by atoms with Crippen molar-refractivity contribution in [3.05, 3.63) is 34.4 Å². The fourth-order valence-corrected chi connectivity index (χ4v) is 1.92. The van der Waals surface area contributed by atoms with Gasteiger partial charge in [0, 0.05) is 6.42 Å². The van der Waals surface area contributed by atoms with Gasteiger partial charge in [-0.3, -0.25) is 4.79 Å². The van der Waals surface area contributed by atoms with Crippen LogP contribution in [0.4, 0.5) is 0 Å². The summed E-state index contributed by atoms with van der Waals surface area (Å²) in [5.41, 5.74) is 5.15. The minimum absolute atomic E-state index is 0.0840. The third-order valence-electron chi connectivity index (χ3n) is 3.37. The monoisotopic (exact) mass is 248 g/mol. The Kier molecular flexibility index (Phi) is 5.90. The fraction of sp³-hybridized carbons (Fsp3) is 0.562. The van der Waals surface area contributed by atoms with Gasteiger partial charge in [-0.15, -0.1) is 0 Å². The van der Waals surface area contributed by atoms with Crippen molar-refractivity contribution in [2.24, 2.45) is 0 Å². The molecule has 0 amide bonds. The van der Waals surface area contributed by atoms with E-state index < -0.39 is 0 Å². The van der Waals surface area contributed by atoms with Gasteiger partial charge in [-0.2, -0.15) is 0 Å². The number of carbonyl (C=O) groups excluding carboxylic acids is 1. The smallest absolute Gasteiger partial charge is 0.306 e. The number of ether oxygens (including phenoxy) is 1. The zero-order valence-corrected chi connectivity index (χ0v) is 12.0. The molecule has 2 heteroatoms. The highest BCUT2D eigenvalue weighted by Gasteiger charge is 2.05. The highest BCUT2D eigenvalue weighted by molar-refractivity contribution is 5.69. The van der Waals surface area contributed by atoms with E-state index in [0.29, 0.717) is 13.0 Å². The van der Waals surface area contributed by atoms with E-state index in [1.54, 1.807) is 0 Å². The van der Waals surface area contributed by atoms with Gasteiger partial charge in [0.25, 0.3) is 0 Å². The Morgan fingerprint density at radius 3 is 2.33 bits per heavy atom. The van der Waals surface area contributed by atoms with Gasteiger partial charge < -0.3 is 4.74 Å². The molecule has 0 aliphatic carbocycles. The molecule has 0 heterocycles. The second-order valence-electron chi connectivity index (χ2n) is 4.93. The topological polar surface area (TPSA) is 26.3 Å². The molecule has 1 rings (SSSR count). The Morgan fingerprint density at radius 1 is 1.17 bits per heavy atom. The van der Waals surface area contributed by atoms with Crippen molar-refractivity contribution in [1.82, 2.24) is 0 Å². The summed E-state index contributed by atoms with van der Waals surface area (Å²) >= 11 is 0. The van der Waals surface area contributed by atoms with Gasteiger partial charge >= 0.3 is 5.97 Å². The molecule has 0 saturated heterocycles. The summed E-state index contributed by atoms with van der Waals surface area (Å²) < 4.78 is 5.15. The standard InChI is InChI=1S/C16H24O2/c1-5-6-9-18-16(17)8-7-15-10-12(2)14(4)13(3)11-15/h10-11H,5-9H2,1-4H3. The molecule has 0 saturated carbocycles. The molecule has 0 aromatic heterocycles. The first-order valence-corrected chi connectivity index (χ1v) is 6.77. The number of rotatable bonds is 6. The number of esters is 1. The van der Waals surface area contributed by atoms with Crippen molar-refractivity contribution in [2.75, 3.05) is 6.61 Å². The van der Waals surface area contributed by atoms with Crippen LogP contribution < -0.4 is 0 Å². The maximum Gasteiger partial charge on any atom is 0.306 e. The Bertz CT molecular complexity index is 385. The third kappa shape index (κ3) is 4.52. The molecule has 0 fully saturated rings. The van der Waals surface area contributed by atoms with Gasteiger partial charge in [-0.25, -0.2) is 0 Å². The van der Waals surface area contributed by atoms with Crippen LogP contribution in [0.5, 0.6) is 0 Å². The predicted molar refractivity (Wildman–Crippen MR) is 74.8 cm³/mol. The van der Waals surface area contributed by atoms with Crippen molar-refractivity contribution in [1.29, 1.82) is 0 Å². The third-order valence-corrected chi connectivity index (χ3v) is 3.37. The first kappa shape index (κ1) is 14.7. The van der Waals surface area contributed by atoms with Crippen LogP contribution in [0.25, 0.3) is 0 Å². The van der Waals surface area contributed by atoms with Gasteiger partial charge in [-0.1, -0.05) is 25.5 Å². The van der Waals surface area contributed by atoms with E-state index in [0.717, 1.165) is 19.3 Å². The number of carbonyl (C=O) groups is 1. The van der Waals surface area contributed by atoms with Crippen molar-refractivity contribution in [2.45, 2.75) is 53.4 Å². The molecule has 1 aromatic rings. The van der Waals surface area contributed by atoms with E-state index in [1.807, 2.05) is 0 Å². The Labute approximate surface area is 110 Å². The molecular weight excluding hydrogens is 224 g/mol. The van der Waals surface area contributed by atoms with E-state index >= 15 is 0 Å². The largest absolute Gasteiger partial charge is 0.466 e. The Hall–Kier alpha value is -1.31. The summed E-state index contributed by atoms with van der Waals surface area (Å²) in [5, 5.41) is 0. The van der Waals surface area contributed by atoms with Crippen LogP contribution in [0.1, 0.15) is 48.4 Å². The lowest BCUT2D eigenvalue weighted by Gasteiger charge is -2.09. The molecule has 0 unspecified atom stereocenters. The van der Waals surface area contributed by atoms with E-state index in [9.17, 15) is 4.79 Å². The normalized spacial score (nSPS) is 10.4. The predicted octanol–water partition coefficient (Wildman–Crippen LogP) is 3.89. The summed E-state index contributed by atoms with van der Waals surface area (Å²) in [5.74, 6) is -0.0840. The average molecular weight is 248 g/mol. The molecule has 1 aromatic carbocycles. The van der Waals surface area contributed by atoms with E-state index in [-0.39, 0.29) is 5.97 Å². The molecule has 0 N–H and O–H groups in total. The minimum atomic E-state index is -0.0840. The highest BCUT2D eigenvalue weighted by Crippen LogP contribution is 2.16. The van der Waals surface area contributed by atoms with Gasteiger partial charge in [0.05, 0.1) is 6.61 Å². The summed E-state index contributed by atoms with van der Waals surface area (Å²) in [6.45, 7) is 9.01. The van der Waals surface area contributed by atoms with Crippen molar-refractivity contribution in [3.8, 4) is 0 Å². The minimum Gasteiger partial charge on any atom is -0.466 e. The first-order chi connectivity index (χ1) is 8.54. The van der Waals surface area contributed by atoms with Gasteiger partial charge in [0.2, 0.25) is 0 Å². The van der Waals surface area contributed by atoms with Crippen LogP contribution in [0.3, 0.4) is 0 Å². The number of hydrogen-bond donors (Lipinski definition) is 0. The zero-order valence-electron chi connectivity index (χ0n) is 12.0. The van der Waals surface area contributed by atoms with Crippen molar-refractivity contribution >= 4 is 5.97 Å². The summed E-state index contributed by atoms with van der Waals surface area (Å²) in [6, 6.07) is 4.34. The summed E-state index contributed by atoms with van der Waals surface area (Å²) in [4.78, 5) is 11.5. The molecule has 0 aliphatic rings. The second kappa shape index (κ2) is 7.20. The maximum absolute atomic E-state index is 11.5. The van der Waals surface area contributed by atoms with E-state index in [4.69, 9.17) is 4.74 Å². The quantitative estimate of drug-likeness (QED) is 0.564. The molecule has 0 atom stereocenters. The molecular formula is C16H24O2. The SMILES string of the molecule is CCCCOC(=O)CCc1cc(C)c(C)c(C)c1. The van der Waals surface area contributed by atoms with Gasteiger partial charge in [0.15, 0.2) is 0 Å². The molecule has 0 aliphatic heterocycles. The summed E-state index contributed by atoms with van der Waals surface area (Å²) in [7, 11) is 0. The van der Waals surface area contributed by atoms with Gasteiger partial charge in [0.1, 0.15) is 0 Å². The summed E-state index contributed by atoms with van der Waals surface area (Å²) in [6.07, 6.45) is 3.26. The number of aryl methyl sites for hydroxylation is 3. The maximum atomic E-state index is 11.5. The Morgan fingerprint density at radius 2 is 1.78 bits per heavy atom. The van der Waals surface area contributed by atoms with Crippen LogP contribution in [-0.2, 0) is 16.0 Å². The highest BCUT2D eigenvalue weighted by atomic mass is 16.5. The Balaban J connectivity index is 2.46. The molecule has 18 heavy (non-hydrogen) atoms. The van der Waals surface area contributed by atoms with Crippen molar-refractivity contribution < 1.29 is 9.53 Å². The lowest BCUT2D eigenvalue weighted by molar-refractivity contribution is -0.143. The fourth-order valence-electron chi connectivity index (χ4n) is 1.92. The average Bonchev–Trinajstić information content (AvgIpc) is 2.33. The molecule has 0 bridgehead atoms. The van der Waals surface area contributed by atoms with E-state index in [2.05, 4.69) is 39.8 Å². The van der Waals surface area contributed by atoms with Crippen LogP contribution in [0.15, 0.2) is 12.1 Å².